The zero-order chi connectivity index (χ0) is 14.5. The van der Waals surface area contributed by atoms with Crippen molar-refractivity contribution in [2.45, 2.75) is 0 Å². The van der Waals surface area contributed by atoms with Gasteiger partial charge in [0.15, 0.2) is 0 Å². The van der Waals surface area contributed by atoms with Crippen molar-refractivity contribution in [2.24, 2.45) is 5.10 Å². The van der Waals surface area contributed by atoms with E-state index in [2.05, 4.69) is 45.3 Å². The Morgan fingerprint density at radius 1 is 0.905 bits per heavy atom. The molecule has 4 heteroatoms. The van der Waals surface area contributed by atoms with E-state index in [1.165, 1.54) is 5.69 Å². The molecule has 1 saturated heterocycles. The smallest absolute Gasteiger partial charge is 0.0543 e. The third kappa shape index (κ3) is 3.76. The molecule has 1 aliphatic rings. The number of hydrogen-bond donors (Lipinski definition) is 0. The monoisotopic (exact) mass is 299 g/mol. The van der Waals surface area contributed by atoms with Gasteiger partial charge in [0.1, 0.15) is 0 Å². The van der Waals surface area contributed by atoms with Crippen molar-refractivity contribution in [1.82, 2.24) is 5.01 Å². The molecular weight excluding hydrogens is 282 g/mol. The van der Waals surface area contributed by atoms with Crippen molar-refractivity contribution in [3.8, 4) is 0 Å². The van der Waals surface area contributed by atoms with Crippen LogP contribution in [0.2, 0.25) is 5.02 Å². The number of halogens is 1. The maximum absolute atomic E-state index is 5.97. The fourth-order valence-electron chi connectivity index (χ4n) is 2.44. The van der Waals surface area contributed by atoms with Crippen LogP contribution in [0.1, 0.15) is 5.56 Å². The van der Waals surface area contributed by atoms with E-state index in [1.54, 1.807) is 0 Å². The number of anilines is 1. The molecule has 3 nitrogen and oxygen atoms in total. The summed E-state index contributed by atoms with van der Waals surface area (Å²) in [5.74, 6) is 0. The van der Waals surface area contributed by atoms with Gasteiger partial charge in [-0.1, -0.05) is 41.9 Å². The predicted octanol–water partition coefficient (Wildman–Crippen LogP) is 3.50. The highest BCUT2D eigenvalue weighted by molar-refractivity contribution is 6.30. The summed E-state index contributed by atoms with van der Waals surface area (Å²) in [7, 11) is 0. The second kappa shape index (κ2) is 6.64. The van der Waals surface area contributed by atoms with Crippen molar-refractivity contribution in [1.29, 1.82) is 0 Å². The Hall–Kier alpha value is -2.00. The number of rotatable bonds is 3. The topological polar surface area (TPSA) is 18.8 Å². The molecule has 1 heterocycles. The molecular formula is C17H18ClN3. The number of benzene rings is 2. The highest BCUT2D eigenvalue weighted by Crippen LogP contribution is 2.15. The molecule has 0 aromatic heterocycles. The molecule has 0 spiro atoms. The van der Waals surface area contributed by atoms with Crippen LogP contribution in [0.3, 0.4) is 0 Å². The second-order valence-electron chi connectivity index (χ2n) is 5.08. The number of hydrogen-bond acceptors (Lipinski definition) is 3. The standard InChI is InChI=1S/C17H18ClN3/c18-16-6-4-5-15(13-16)14-19-21-11-9-20(10-12-21)17-7-2-1-3-8-17/h1-8,13-14H,9-12H2. The minimum Gasteiger partial charge on any atom is -0.368 e. The Balaban J connectivity index is 1.56. The zero-order valence-corrected chi connectivity index (χ0v) is 12.6. The van der Waals surface area contributed by atoms with Gasteiger partial charge in [-0.25, -0.2) is 0 Å². The van der Waals surface area contributed by atoms with E-state index in [0.717, 1.165) is 36.8 Å². The maximum atomic E-state index is 5.97. The Morgan fingerprint density at radius 2 is 1.67 bits per heavy atom. The molecule has 0 N–H and O–H groups in total. The highest BCUT2D eigenvalue weighted by Gasteiger charge is 2.15. The van der Waals surface area contributed by atoms with Crippen molar-refractivity contribution >= 4 is 23.5 Å². The Kier molecular flexibility index (Phi) is 4.41. The van der Waals surface area contributed by atoms with Crippen LogP contribution < -0.4 is 4.90 Å². The number of para-hydroxylation sites is 1. The summed E-state index contributed by atoms with van der Waals surface area (Å²) >= 11 is 5.97. The number of piperazine rings is 1. The highest BCUT2D eigenvalue weighted by atomic mass is 35.5. The van der Waals surface area contributed by atoms with Crippen LogP contribution in [0.5, 0.6) is 0 Å². The fourth-order valence-corrected chi connectivity index (χ4v) is 2.64. The van der Waals surface area contributed by atoms with Gasteiger partial charge in [-0.3, -0.25) is 5.01 Å². The molecule has 3 rings (SSSR count). The van der Waals surface area contributed by atoms with Gasteiger partial charge in [-0.05, 0) is 29.8 Å². The molecule has 0 atom stereocenters. The van der Waals surface area contributed by atoms with Gasteiger partial charge >= 0.3 is 0 Å². The van der Waals surface area contributed by atoms with E-state index < -0.39 is 0 Å². The van der Waals surface area contributed by atoms with Crippen LogP contribution in [-0.4, -0.2) is 37.4 Å². The lowest BCUT2D eigenvalue weighted by Crippen LogP contribution is -2.44. The van der Waals surface area contributed by atoms with E-state index >= 15 is 0 Å². The summed E-state index contributed by atoms with van der Waals surface area (Å²) in [5, 5.41) is 7.40. The van der Waals surface area contributed by atoms with Crippen LogP contribution in [0.15, 0.2) is 59.7 Å². The molecule has 0 bridgehead atoms. The van der Waals surface area contributed by atoms with Crippen LogP contribution in [0.4, 0.5) is 5.69 Å². The summed E-state index contributed by atoms with van der Waals surface area (Å²) < 4.78 is 0. The minimum atomic E-state index is 0.743. The lowest BCUT2D eigenvalue weighted by atomic mass is 10.2. The third-order valence-electron chi connectivity index (χ3n) is 3.60. The van der Waals surface area contributed by atoms with Crippen LogP contribution in [-0.2, 0) is 0 Å². The fraction of sp³-hybridized carbons (Fsp3) is 0.235. The van der Waals surface area contributed by atoms with Gasteiger partial charge in [0.2, 0.25) is 0 Å². The summed E-state index contributed by atoms with van der Waals surface area (Å²) in [6.45, 7) is 3.87. The lowest BCUT2D eigenvalue weighted by molar-refractivity contribution is 0.272. The van der Waals surface area contributed by atoms with E-state index in [4.69, 9.17) is 11.6 Å². The first-order valence-corrected chi connectivity index (χ1v) is 7.53. The average molecular weight is 300 g/mol. The first-order chi connectivity index (χ1) is 10.3. The van der Waals surface area contributed by atoms with Crippen molar-refractivity contribution in [2.75, 3.05) is 31.1 Å². The molecule has 2 aromatic carbocycles. The first kappa shape index (κ1) is 14.0. The molecule has 0 saturated carbocycles. The van der Waals surface area contributed by atoms with Gasteiger partial charge in [0.05, 0.1) is 19.3 Å². The van der Waals surface area contributed by atoms with Gasteiger partial charge in [0.25, 0.3) is 0 Å². The van der Waals surface area contributed by atoms with E-state index in [9.17, 15) is 0 Å². The van der Waals surface area contributed by atoms with E-state index in [1.807, 2.05) is 30.5 Å². The lowest BCUT2D eigenvalue weighted by Gasteiger charge is -2.34. The zero-order valence-electron chi connectivity index (χ0n) is 11.8. The van der Waals surface area contributed by atoms with Gasteiger partial charge in [-0.15, -0.1) is 0 Å². The average Bonchev–Trinajstić information content (AvgIpc) is 2.54. The van der Waals surface area contributed by atoms with Gasteiger partial charge in [0, 0.05) is 23.8 Å². The summed E-state index contributed by atoms with van der Waals surface area (Å²) in [5.41, 5.74) is 2.32. The SMILES string of the molecule is Clc1cccc(C=NN2CCN(c3ccccc3)CC2)c1. The minimum absolute atomic E-state index is 0.743. The largest absolute Gasteiger partial charge is 0.368 e. The quantitative estimate of drug-likeness (QED) is 0.808. The molecule has 0 amide bonds. The molecule has 21 heavy (non-hydrogen) atoms. The summed E-state index contributed by atoms with van der Waals surface area (Å²) in [6, 6.07) is 18.3. The van der Waals surface area contributed by atoms with Gasteiger partial charge in [-0.2, -0.15) is 5.10 Å². The van der Waals surface area contributed by atoms with Crippen molar-refractivity contribution < 1.29 is 0 Å². The normalized spacial score (nSPS) is 15.7. The summed E-state index contributed by atoms with van der Waals surface area (Å²) in [6.07, 6.45) is 1.88. The molecule has 1 fully saturated rings. The van der Waals surface area contributed by atoms with Crippen LogP contribution in [0.25, 0.3) is 0 Å². The van der Waals surface area contributed by atoms with Crippen molar-refractivity contribution in [3.05, 3.63) is 65.2 Å². The van der Waals surface area contributed by atoms with Crippen molar-refractivity contribution in [3.63, 3.8) is 0 Å². The number of nitrogens with zero attached hydrogens (tertiary/aromatic N) is 3. The Morgan fingerprint density at radius 3 is 2.38 bits per heavy atom. The van der Waals surface area contributed by atoms with Crippen LogP contribution in [0, 0.1) is 0 Å². The summed E-state index contributed by atoms with van der Waals surface area (Å²) in [4.78, 5) is 2.39. The molecule has 108 valence electrons. The molecule has 0 radical (unpaired) electrons. The molecule has 2 aromatic rings. The Labute approximate surface area is 130 Å². The first-order valence-electron chi connectivity index (χ1n) is 7.16. The van der Waals surface area contributed by atoms with E-state index in [-0.39, 0.29) is 0 Å². The molecule has 0 aliphatic carbocycles. The van der Waals surface area contributed by atoms with Gasteiger partial charge < -0.3 is 4.90 Å². The molecule has 1 aliphatic heterocycles. The van der Waals surface area contributed by atoms with Crippen LogP contribution >= 0.6 is 11.6 Å². The second-order valence-corrected chi connectivity index (χ2v) is 5.51. The predicted molar refractivity (Wildman–Crippen MR) is 89.3 cm³/mol. The third-order valence-corrected chi connectivity index (χ3v) is 3.83. The number of hydrazone groups is 1. The molecule has 0 unspecified atom stereocenters. The van der Waals surface area contributed by atoms with E-state index in [0.29, 0.717) is 0 Å². The maximum Gasteiger partial charge on any atom is 0.0543 e. The Bertz CT molecular complexity index is 604.